The molecule has 63 heavy (non-hydrogen) atoms. The monoisotopic (exact) mass is 815 g/mol. The number of hydrogen-bond acceptors (Lipinski definition) is 3. The van der Waals surface area contributed by atoms with E-state index < -0.39 is 0 Å². The molecule has 0 amide bonds. The molecule has 0 bridgehead atoms. The van der Waals surface area contributed by atoms with Gasteiger partial charge < -0.3 is 14.7 Å². The summed E-state index contributed by atoms with van der Waals surface area (Å²) in [6.07, 6.45) is 0. The average Bonchev–Trinajstić information content (AvgIpc) is 3.52. The highest BCUT2D eigenvalue weighted by atomic mass is 15.2. The van der Waals surface area contributed by atoms with Gasteiger partial charge in [-0.2, -0.15) is 0 Å². The molecule has 0 atom stereocenters. The number of para-hydroxylation sites is 2. The first-order chi connectivity index (χ1) is 30.3. The van der Waals surface area contributed by atoms with Crippen molar-refractivity contribution in [3.63, 3.8) is 0 Å². The van der Waals surface area contributed by atoms with Gasteiger partial charge in [-0.25, -0.2) is 0 Å². The van der Waals surface area contributed by atoms with Crippen molar-refractivity contribution in [1.82, 2.24) is 0 Å². The Morgan fingerprint density at radius 2 is 1.00 bits per heavy atom. The average molecular weight is 816 g/mol. The normalized spacial score (nSPS) is 14.4. The summed E-state index contributed by atoms with van der Waals surface area (Å²) in [5.74, 6) is 0. The van der Waals surface area contributed by atoms with Crippen LogP contribution in [0.2, 0.25) is 0 Å². The lowest BCUT2D eigenvalue weighted by Gasteiger charge is -2.45. The summed E-state index contributed by atoms with van der Waals surface area (Å²) in [5, 5.41) is 0. The van der Waals surface area contributed by atoms with E-state index in [0.29, 0.717) is 0 Å². The van der Waals surface area contributed by atoms with Gasteiger partial charge in [-0.05, 0) is 133 Å². The van der Waals surface area contributed by atoms with Crippen molar-refractivity contribution in [3.05, 3.63) is 204 Å². The van der Waals surface area contributed by atoms with Crippen LogP contribution < -0.4 is 31.1 Å². The van der Waals surface area contributed by atoms with Gasteiger partial charge in [-0.15, -0.1) is 0 Å². The molecule has 2 aliphatic heterocycles. The Morgan fingerprint density at radius 1 is 0.429 bits per heavy atom. The van der Waals surface area contributed by atoms with E-state index in [1.807, 2.05) is 0 Å². The van der Waals surface area contributed by atoms with E-state index in [2.05, 4.69) is 252 Å². The Morgan fingerprint density at radius 3 is 1.67 bits per heavy atom. The van der Waals surface area contributed by atoms with E-state index >= 15 is 0 Å². The zero-order chi connectivity index (χ0) is 43.4. The minimum atomic E-state index is -0.188. The molecule has 0 aromatic heterocycles. The molecule has 308 valence electrons. The minimum Gasteiger partial charge on any atom is -0.311 e. The summed E-state index contributed by atoms with van der Waals surface area (Å²) in [6, 6.07) is 68.3. The molecule has 0 fully saturated rings. The van der Waals surface area contributed by atoms with Crippen molar-refractivity contribution in [2.75, 3.05) is 14.7 Å². The number of hydrogen-bond donors (Lipinski definition) is 0. The number of anilines is 9. The third-order valence-electron chi connectivity index (χ3n) is 13.9. The molecule has 0 N–H and O–H groups in total. The van der Waals surface area contributed by atoms with Crippen LogP contribution in [-0.2, 0) is 16.2 Å². The summed E-state index contributed by atoms with van der Waals surface area (Å²) in [6.45, 7) is 18.7. The second kappa shape index (κ2) is 14.1. The first-order valence-electron chi connectivity index (χ1n) is 22.6. The van der Waals surface area contributed by atoms with Crippen molar-refractivity contribution in [2.24, 2.45) is 0 Å². The van der Waals surface area contributed by atoms with Crippen LogP contribution in [0.3, 0.4) is 0 Å². The van der Waals surface area contributed by atoms with Gasteiger partial charge in [-0.1, -0.05) is 165 Å². The molecule has 4 heteroatoms. The van der Waals surface area contributed by atoms with Gasteiger partial charge in [0.15, 0.2) is 0 Å². The van der Waals surface area contributed by atoms with Gasteiger partial charge in [0.05, 0.1) is 5.69 Å². The van der Waals surface area contributed by atoms with E-state index in [4.69, 9.17) is 0 Å². The molecule has 3 aliphatic rings. The van der Waals surface area contributed by atoms with Crippen LogP contribution in [0.4, 0.5) is 51.2 Å². The van der Waals surface area contributed by atoms with Crippen molar-refractivity contribution in [1.29, 1.82) is 0 Å². The Balaban J connectivity index is 1.20. The fraction of sp³-hybridized carbons (Fsp3) is 0.186. The van der Waals surface area contributed by atoms with Gasteiger partial charge >= 0.3 is 0 Å². The molecule has 0 saturated heterocycles. The van der Waals surface area contributed by atoms with Crippen LogP contribution in [-0.4, -0.2) is 6.71 Å². The van der Waals surface area contributed by atoms with Crippen LogP contribution in [0.5, 0.6) is 0 Å². The fourth-order valence-corrected chi connectivity index (χ4v) is 10.8. The Bertz CT molecular complexity index is 3020. The Hall–Kier alpha value is -6.78. The van der Waals surface area contributed by atoms with Crippen molar-refractivity contribution in [3.8, 4) is 11.1 Å². The van der Waals surface area contributed by atoms with Crippen molar-refractivity contribution >= 4 is 74.3 Å². The summed E-state index contributed by atoms with van der Waals surface area (Å²) in [4.78, 5) is 7.54. The lowest BCUT2D eigenvalue weighted by Crippen LogP contribution is -2.61. The number of rotatable bonds is 5. The predicted octanol–water partition coefficient (Wildman–Crippen LogP) is 14.1. The second-order valence-corrected chi connectivity index (χ2v) is 20.3. The topological polar surface area (TPSA) is 9.72 Å². The molecule has 2 heterocycles. The van der Waals surface area contributed by atoms with Crippen molar-refractivity contribution < 1.29 is 0 Å². The molecular formula is C59H54BN3. The predicted molar refractivity (Wildman–Crippen MR) is 270 cm³/mol. The second-order valence-electron chi connectivity index (χ2n) is 20.3. The molecule has 0 saturated carbocycles. The van der Waals surface area contributed by atoms with Gasteiger partial charge in [-0.3, -0.25) is 0 Å². The maximum Gasteiger partial charge on any atom is 0.252 e. The maximum absolute atomic E-state index is 2.61. The molecule has 11 rings (SSSR count). The SMILES string of the molecule is CC(C)(C)c1ccc(N2c3cc(N(c4ccccc4)c4ccccc4)ccc3B3c4cc(C(C)(C)C)ccc4N(c4cccc5c4C(C)(C)c4ccccc4-5)c4cccc2c43)cc1. The Labute approximate surface area is 374 Å². The zero-order valence-corrected chi connectivity index (χ0v) is 37.7. The first-order valence-corrected chi connectivity index (χ1v) is 22.6. The fourth-order valence-electron chi connectivity index (χ4n) is 10.8. The van der Waals surface area contributed by atoms with Gasteiger partial charge in [0.1, 0.15) is 0 Å². The van der Waals surface area contributed by atoms with E-state index in [1.54, 1.807) is 0 Å². The summed E-state index contributed by atoms with van der Waals surface area (Å²) in [5.41, 5.74) is 22.5. The molecule has 0 spiro atoms. The molecular weight excluding hydrogens is 761 g/mol. The molecule has 0 unspecified atom stereocenters. The molecule has 8 aromatic rings. The Kier molecular flexibility index (Phi) is 8.77. The molecule has 1 aliphatic carbocycles. The first kappa shape index (κ1) is 39.1. The number of nitrogens with zero attached hydrogens (tertiary/aromatic N) is 3. The van der Waals surface area contributed by atoms with Crippen LogP contribution >= 0.6 is 0 Å². The summed E-state index contributed by atoms with van der Waals surface area (Å²) >= 11 is 0. The standard InChI is InChI=1S/C59H54BN3/c1-57(2,3)39-29-32-43(33-30-39)62-52-27-18-28-53-56(52)60(48-35-34-44(38-54(48)62)61(41-19-11-9-12-20-41)42-21-13-10-14-22-42)49-37-40(58(4,5)6)31-36-50(49)63(53)51-26-17-24-46-45-23-15-16-25-47(45)59(7,8)55(46)51/h9-38H,1-8H3. The van der Waals surface area contributed by atoms with Crippen molar-refractivity contribution in [2.45, 2.75) is 71.6 Å². The third-order valence-corrected chi connectivity index (χ3v) is 13.9. The van der Waals surface area contributed by atoms with E-state index in [9.17, 15) is 0 Å². The maximum atomic E-state index is 2.61. The zero-order valence-electron chi connectivity index (χ0n) is 37.7. The highest BCUT2D eigenvalue weighted by Gasteiger charge is 2.46. The molecule has 3 nitrogen and oxygen atoms in total. The molecule has 8 aromatic carbocycles. The highest BCUT2D eigenvalue weighted by Crippen LogP contribution is 2.55. The van der Waals surface area contributed by atoms with E-state index in [-0.39, 0.29) is 23.0 Å². The largest absolute Gasteiger partial charge is 0.311 e. The summed E-state index contributed by atoms with van der Waals surface area (Å²) in [7, 11) is 0. The van der Waals surface area contributed by atoms with Crippen LogP contribution in [0.1, 0.15) is 77.6 Å². The quantitative estimate of drug-likeness (QED) is 0.160. The van der Waals surface area contributed by atoms with E-state index in [0.717, 1.165) is 22.7 Å². The third kappa shape index (κ3) is 6.09. The lowest BCUT2D eigenvalue weighted by atomic mass is 9.33. The van der Waals surface area contributed by atoms with Gasteiger partial charge in [0, 0.05) is 50.9 Å². The molecule has 0 radical (unpaired) electrons. The highest BCUT2D eigenvalue weighted by molar-refractivity contribution is 7.00. The number of fused-ring (bicyclic) bond motifs is 7. The lowest BCUT2D eigenvalue weighted by molar-refractivity contribution is 0.590. The van der Waals surface area contributed by atoms with Gasteiger partial charge in [0.25, 0.3) is 6.71 Å². The van der Waals surface area contributed by atoms with Crippen LogP contribution in [0, 0.1) is 0 Å². The van der Waals surface area contributed by atoms with E-state index in [1.165, 1.54) is 78.2 Å². The number of benzene rings is 8. The van der Waals surface area contributed by atoms with Crippen LogP contribution in [0.15, 0.2) is 182 Å². The van der Waals surface area contributed by atoms with Crippen LogP contribution in [0.25, 0.3) is 11.1 Å². The summed E-state index contributed by atoms with van der Waals surface area (Å²) < 4.78 is 0. The smallest absolute Gasteiger partial charge is 0.252 e. The minimum absolute atomic E-state index is 0.00256. The van der Waals surface area contributed by atoms with Gasteiger partial charge in [0.2, 0.25) is 0 Å².